The lowest BCUT2D eigenvalue weighted by molar-refractivity contribution is -0.143. The number of thiophene rings is 2. The Hall–Kier alpha value is -2.10. The monoisotopic (exact) mass is 435 g/mol. The summed E-state index contributed by atoms with van der Waals surface area (Å²) >= 11 is 4.66. The van der Waals surface area contributed by atoms with E-state index in [0.717, 1.165) is 21.1 Å². The molecule has 3 heterocycles. The average Bonchev–Trinajstić information content (AvgIpc) is 3.44. The van der Waals surface area contributed by atoms with Crippen molar-refractivity contribution in [1.29, 1.82) is 0 Å². The number of hydrogen-bond donors (Lipinski definition) is 2. The van der Waals surface area contributed by atoms with E-state index in [1.165, 1.54) is 11.8 Å². The fraction of sp³-hybridized carbons (Fsp3) is 0.316. The molecule has 0 aliphatic carbocycles. The Morgan fingerprint density at radius 3 is 2.64 bits per heavy atom. The van der Waals surface area contributed by atoms with Gasteiger partial charge in [-0.25, -0.2) is 4.98 Å². The molecule has 0 radical (unpaired) electrons. The highest BCUT2D eigenvalue weighted by Gasteiger charge is 2.16. The number of amides is 1. The maximum Gasteiger partial charge on any atom is 0.305 e. The number of imidazole rings is 1. The predicted molar refractivity (Wildman–Crippen MR) is 115 cm³/mol. The van der Waals surface area contributed by atoms with Crippen molar-refractivity contribution in [3.05, 3.63) is 35.0 Å². The maximum atomic E-state index is 12.1. The van der Waals surface area contributed by atoms with Gasteiger partial charge >= 0.3 is 5.97 Å². The summed E-state index contributed by atoms with van der Waals surface area (Å²) in [6, 6.07) is 8.11. The van der Waals surface area contributed by atoms with Crippen molar-refractivity contribution in [2.24, 2.45) is 0 Å². The van der Waals surface area contributed by atoms with E-state index in [-0.39, 0.29) is 17.6 Å². The summed E-state index contributed by atoms with van der Waals surface area (Å²) in [4.78, 5) is 33.6. The number of esters is 1. The van der Waals surface area contributed by atoms with Crippen molar-refractivity contribution in [2.75, 3.05) is 18.9 Å². The molecular formula is C19H21N3O3S3. The first kappa shape index (κ1) is 20.6. The first-order valence-corrected chi connectivity index (χ1v) is 11.6. The minimum absolute atomic E-state index is 0.0828. The lowest BCUT2D eigenvalue weighted by Crippen LogP contribution is -2.26. The van der Waals surface area contributed by atoms with Crippen LogP contribution in [0.1, 0.15) is 19.8 Å². The van der Waals surface area contributed by atoms with Gasteiger partial charge in [0.1, 0.15) is 5.69 Å². The standard InChI is InChI=1S/C19H21N3O3S3/c1-2-25-16(24)8-3-9-20-15(23)12-28-19-21-17(13-6-4-10-26-13)18(22-19)14-7-5-11-27-14/h4-7,10-11H,2-3,8-9,12H2,1H3,(H,20,23)(H,21,22). The third kappa shape index (κ3) is 5.70. The fourth-order valence-electron chi connectivity index (χ4n) is 2.49. The molecule has 9 heteroatoms. The van der Waals surface area contributed by atoms with Gasteiger partial charge in [0.25, 0.3) is 0 Å². The number of ether oxygens (including phenoxy) is 1. The van der Waals surface area contributed by atoms with E-state index in [2.05, 4.69) is 16.4 Å². The number of rotatable bonds is 10. The number of nitrogens with zero attached hydrogens (tertiary/aromatic N) is 1. The SMILES string of the molecule is CCOC(=O)CCCNC(=O)CSc1nc(-c2cccs2)c(-c2cccs2)[nH]1. The van der Waals surface area contributed by atoms with E-state index < -0.39 is 0 Å². The Kier molecular flexibility index (Phi) is 7.70. The van der Waals surface area contributed by atoms with E-state index >= 15 is 0 Å². The van der Waals surface area contributed by atoms with E-state index in [4.69, 9.17) is 9.72 Å². The number of hydrogen-bond acceptors (Lipinski definition) is 7. The van der Waals surface area contributed by atoms with Crippen molar-refractivity contribution >= 4 is 46.3 Å². The molecule has 0 fully saturated rings. The second-order valence-electron chi connectivity index (χ2n) is 5.77. The van der Waals surface area contributed by atoms with Crippen molar-refractivity contribution < 1.29 is 14.3 Å². The average molecular weight is 436 g/mol. The number of aromatic amines is 1. The van der Waals surface area contributed by atoms with Crippen LogP contribution in [0, 0.1) is 0 Å². The molecule has 3 rings (SSSR count). The van der Waals surface area contributed by atoms with Crippen molar-refractivity contribution in [3.63, 3.8) is 0 Å². The molecule has 3 aromatic heterocycles. The van der Waals surface area contributed by atoms with Crippen LogP contribution < -0.4 is 5.32 Å². The highest BCUT2D eigenvalue weighted by atomic mass is 32.2. The van der Waals surface area contributed by atoms with Crippen molar-refractivity contribution in [2.45, 2.75) is 24.9 Å². The van der Waals surface area contributed by atoms with Crippen molar-refractivity contribution in [3.8, 4) is 21.1 Å². The molecule has 0 atom stereocenters. The number of carbonyl (C=O) groups excluding carboxylic acids is 2. The molecule has 2 N–H and O–H groups in total. The topological polar surface area (TPSA) is 84.1 Å². The molecule has 1 amide bonds. The fourth-order valence-corrected chi connectivity index (χ4v) is 4.64. The minimum atomic E-state index is -0.232. The number of H-pyrrole nitrogens is 1. The second-order valence-corrected chi connectivity index (χ2v) is 8.63. The zero-order valence-corrected chi connectivity index (χ0v) is 17.8. The minimum Gasteiger partial charge on any atom is -0.466 e. The van der Waals surface area contributed by atoms with E-state index in [1.54, 1.807) is 29.6 Å². The molecule has 0 aromatic carbocycles. The van der Waals surface area contributed by atoms with Crippen LogP contribution in [-0.4, -0.2) is 40.7 Å². The number of nitrogens with one attached hydrogen (secondary N) is 2. The van der Waals surface area contributed by atoms with Crippen LogP contribution in [0.2, 0.25) is 0 Å². The van der Waals surface area contributed by atoms with Crippen LogP contribution in [-0.2, 0) is 14.3 Å². The smallest absolute Gasteiger partial charge is 0.305 e. The molecule has 0 spiro atoms. The first-order chi connectivity index (χ1) is 13.7. The van der Waals surface area contributed by atoms with Crippen LogP contribution in [0.25, 0.3) is 21.1 Å². The van der Waals surface area contributed by atoms with Gasteiger partial charge in [0.05, 0.1) is 27.8 Å². The van der Waals surface area contributed by atoms with Crippen LogP contribution >= 0.6 is 34.4 Å². The van der Waals surface area contributed by atoms with E-state index in [9.17, 15) is 9.59 Å². The third-order valence-corrected chi connectivity index (χ3v) is 6.37. The van der Waals surface area contributed by atoms with Crippen LogP contribution in [0.5, 0.6) is 0 Å². The Morgan fingerprint density at radius 1 is 1.21 bits per heavy atom. The quantitative estimate of drug-likeness (QED) is 0.280. The summed E-state index contributed by atoms with van der Waals surface area (Å²) in [6.07, 6.45) is 0.884. The van der Waals surface area contributed by atoms with Gasteiger partial charge < -0.3 is 15.0 Å². The predicted octanol–water partition coefficient (Wildman–Crippen LogP) is 4.42. The van der Waals surface area contributed by atoms with Gasteiger partial charge in [-0.1, -0.05) is 23.9 Å². The molecule has 148 valence electrons. The highest BCUT2D eigenvalue weighted by Crippen LogP contribution is 2.36. The molecule has 3 aromatic rings. The molecular weight excluding hydrogens is 414 g/mol. The summed E-state index contributed by atoms with van der Waals surface area (Å²) in [7, 11) is 0. The van der Waals surface area contributed by atoms with E-state index in [1.807, 2.05) is 29.0 Å². The van der Waals surface area contributed by atoms with Gasteiger partial charge in [-0.2, -0.15) is 0 Å². The summed E-state index contributed by atoms with van der Waals surface area (Å²) in [6.45, 7) is 2.61. The first-order valence-electron chi connectivity index (χ1n) is 8.90. The van der Waals surface area contributed by atoms with E-state index in [0.29, 0.717) is 31.1 Å². The summed E-state index contributed by atoms with van der Waals surface area (Å²) in [5, 5.41) is 7.60. The van der Waals surface area contributed by atoms with Gasteiger partial charge in [-0.15, -0.1) is 22.7 Å². The van der Waals surface area contributed by atoms with Gasteiger partial charge in [0.2, 0.25) is 5.91 Å². The molecule has 6 nitrogen and oxygen atoms in total. The molecule has 0 aliphatic heterocycles. The Labute approximate surface area is 175 Å². The lowest BCUT2D eigenvalue weighted by atomic mass is 10.2. The Morgan fingerprint density at radius 2 is 1.96 bits per heavy atom. The van der Waals surface area contributed by atoms with Gasteiger partial charge in [-0.3, -0.25) is 9.59 Å². The molecule has 0 saturated carbocycles. The lowest BCUT2D eigenvalue weighted by Gasteiger charge is -2.04. The normalized spacial score (nSPS) is 10.8. The highest BCUT2D eigenvalue weighted by molar-refractivity contribution is 7.99. The maximum absolute atomic E-state index is 12.1. The Bertz CT molecular complexity index is 837. The van der Waals surface area contributed by atoms with Gasteiger partial charge in [-0.05, 0) is 36.2 Å². The van der Waals surface area contributed by atoms with Crippen molar-refractivity contribution in [1.82, 2.24) is 15.3 Å². The molecule has 0 unspecified atom stereocenters. The Balaban J connectivity index is 1.54. The van der Waals surface area contributed by atoms with Gasteiger partial charge in [0, 0.05) is 13.0 Å². The molecule has 28 heavy (non-hydrogen) atoms. The second kappa shape index (κ2) is 10.4. The largest absolute Gasteiger partial charge is 0.466 e. The van der Waals surface area contributed by atoms with Gasteiger partial charge in [0.15, 0.2) is 5.16 Å². The molecule has 0 aliphatic rings. The van der Waals surface area contributed by atoms with Crippen LogP contribution in [0.15, 0.2) is 40.2 Å². The van der Waals surface area contributed by atoms with Crippen LogP contribution in [0.3, 0.4) is 0 Å². The third-order valence-electron chi connectivity index (χ3n) is 3.73. The summed E-state index contributed by atoms with van der Waals surface area (Å²) in [5.41, 5.74) is 1.89. The zero-order valence-electron chi connectivity index (χ0n) is 15.4. The molecule has 0 bridgehead atoms. The molecule has 0 saturated heterocycles. The number of aromatic nitrogens is 2. The van der Waals surface area contributed by atoms with Crippen LogP contribution in [0.4, 0.5) is 0 Å². The number of thioether (sulfide) groups is 1. The zero-order chi connectivity index (χ0) is 19.8. The summed E-state index contributed by atoms with van der Waals surface area (Å²) < 4.78 is 4.86. The summed E-state index contributed by atoms with van der Waals surface area (Å²) in [5.74, 6) is -0.0507. The number of carbonyl (C=O) groups is 2.